The van der Waals surface area contributed by atoms with Gasteiger partial charge in [0.2, 0.25) is 0 Å². The summed E-state index contributed by atoms with van der Waals surface area (Å²) < 4.78 is 0. The van der Waals surface area contributed by atoms with Crippen LogP contribution in [0, 0.1) is 6.92 Å². The van der Waals surface area contributed by atoms with Crippen LogP contribution in [0.15, 0.2) is 18.3 Å². The van der Waals surface area contributed by atoms with Gasteiger partial charge in [-0.3, -0.25) is 0 Å². The number of hydrogen-bond donors (Lipinski definition) is 2. The topological polar surface area (TPSA) is 36.0 Å². The van der Waals surface area contributed by atoms with Gasteiger partial charge in [-0.1, -0.05) is 11.6 Å². The van der Waals surface area contributed by atoms with Crippen LogP contribution >= 0.6 is 11.6 Å². The standard InChI is InChI=1S/C11H12ClNO/c1-6-3-8-9(7(2)14)5-13-11(8)4-10(6)12/h3-5,7,13-14H,1-2H3. The summed E-state index contributed by atoms with van der Waals surface area (Å²) in [5.74, 6) is 0. The minimum Gasteiger partial charge on any atom is -0.389 e. The molecule has 1 unspecified atom stereocenters. The average Bonchev–Trinajstić information content (AvgIpc) is 2.48. The van der Waals surface area contributed by atoms with Gasteiger partial charge in [-0.2, -0.15) is 0 Å². The second-order valence-electron chi connectivity index (χ2n) is 3.57. The van der Waals surface area contributed by atoms with E-state index >= 15 is 0 Å². The zero-order valence-electron chi connectivity index (χ0n) is 8.13. The van der Waals surface area contributed by atoms with Crippen LogP contribution in [0.25, 0.3) is 10.9 Å². The molecule has 0 amide bonds. The first-order valence-corrected chi connectivity index (χ1v) is 4.92. The van der Waals surface area contributed by atoms with Gasteiger partial charge >= 0.3 is 0 Å². The van der Waals surface area contributed by atoms with Crippen LogP contribution in [0.3, 0.4) is 0 Å². The Morgan fingerprint density at radius 1 is 1.43 bits per heavy atom. The minimum absolute atomic E-state index is 0.454. The monoisotopic (exact) mass is 209 g/mol. The number of benzene rings is 1. The summed E-state index contributed by atoms with van der Waals surface area (Å²) in [6.07, 6.45) is 1.37. The molecule has 0 aliphatic carbocycles. The lowest BCUT2D eigenvalue weighted by Gasteiger charge is -2.03. The SMILES string of the molecule is Cc1cc2c(C(C)O)c[nH]c2cc1Cl. The number of nitrogens with one attached hydrogen (secondary N) is 1. The highest BCUT2D eigenvalue weighted by atomic mass is 35.5. The molecule has 1 heterocycles. The first-order valence-electron chi connectivity index (χ1n) is 4.55. The van der Waals surface area contributed by atoms with Crippen molar-refractivity contribution in [1.82, 2.24) is 4.98 Å². The zero-order valence-corrected chi connectivity index (χ0v) is 8.89. The van der Waals surface area contributed by atoms with Crippen molar-refractivity contribution in [3.05, 3.63) is 34.5 Å². The van der Waals surface area contributed by atoms with E-state index in [0.29, 0.717) is 0 Å². The summed E-state index contributed by atoms with van der Waals surface area (Å²) >= 11 is 5.99. The molecule has 0 aliphatic heterocycles. The fourth-order valence-corrected chi connectivity index (χ4v) is 1.78. The number of aliphatic hydroxyl groups excluding tert-OH is 1. The summed E-state index contributed by atoms with van der Waals surface area (Å²) in [4.78, 5) is 3.09. The van der Waals surface area contributed by atoms with Crippen molar-refractivity contribution in [2.24, 2.45) is 0 Å². The Hall–Kier alpha value is -0.990. The number of rotatable bonds is 1. The van der Waals surface area contributed by atoms with E-state index < -0.39 is 6.10 Å². The van der Waals surface area contributed by atoms with E-state index in [4.69, 9.17) is 11.6 Å². The molecular formula is C11H12ClNO. The number of aromatic amines is 1. The largest absolute Gasteiger partial charge is 0.389 e. The third-order valence-electron chi connectivity index (χ3n) is 2.44. The lowest BCUT2D eigenvalue weighted by molar-refractivity contribution is 0.201. The number of H-pyrrole nitrogens is 1. The molecule has 3 heteroatoms. The maximum absolute atomic E-state index is 9.52. The number of aromatic nitrogens is 1. The second-order valence-corrected chi connectivity index (χ2v) is 3.97. The summed E-state index contributed by atoms with van der Waals surface area (Å²) in [5.41, 5.74) is 2.91. The van der Waals surface area contributed by atoms with Gasteiger partial charge in [0, 0.05) is 27.7 Å². The average molecular weight is 210 g/mol. The molecule has 14 heavy (non-hydrogen) atoms. The molecule has 0 spiro atoms. The molecule has 2 N–H and O–H groups in total. The smallest absolute Gasteiger partial charge is 0.0782 e. The van der Waals surface area contributed by atoms with E-state index in [1.165, 1.54) is 0 Å². The minimum atomic E-state index is -0.454. The molecule has 0 radical (unpaired) electrons. The normalized spacial score (nSPS) is 13.4. The Labute approximate surface area is 87.5 Å². The van der Waals surface area contributed by atoms with Gasteiger partial charge < -0.3 is 10.1 Å². The van der Waals surface area contributed by atoms with Crippen molar-refractivity contribution in [2.75, 3.05) is 0 Å². The summed E-state index contributed by atoms with van der Waals surface area (Å²) in [7, 11) is 0. The fourth-order valence-electron chi connectivity index (χ4n) is 1.62. The van der Waals surface area contributed by atoms with Gasteiger partial charge in [-0.15, -0.1) is 0 Å². The fraction of sp³-hybridized carbons (Fsp3) is 0.273. The van der Waals surface area contributed by atoms with Gasteiger partial charge in [-0.25, -0.2) is 0 Å². The molecule has 1 aromatic carbocycles. The molecule has 2 rings (SSSR count). The number of halogens is 1. The molecule has 74 valence electrons. The van der Waals surface area contributed by atoms with E-state index in [1.807, 2.05) is 25.3 Å². The van der Waals surface area contributed by atoms with E-state index in [9.17, 15) is 5.11 Å². The molecule has 1 aromatic heterocycles. The molecule has 0 aliphatic rings. The number of fused-ring (bicyclic) bond motifs is 1. The van der Waals surface area contributed by atoms with Gasteiger partial charge in [-0.05, 0) is 31.5 Å². The third kappa shape index (κ3) is 1.41. The van der Waals surface area contributed by atoms with Crippen LogP contribution in [-0.4, -0.2) is 10.1 Å². The van der Waals surface area contributed by atoms with Crippen LogP contribution in [0.1, 0.15) is 24.2 Å². The Balaban J connectivity index is 2.74. The first-order chi connectivity index (χ1) is 6.59. The van der Waals surface area contributed by atoms with Crippen LogP contribution in [0.2, 0.25) is 5.02 Å². The maximum Gasteiger partial charge on any atom is 0.0782 e. The predicted octanol–water partition coefficient (Wildman–Crippen LogP) is 3.18. The predicted molar refractivity (Wildman–Crippen MR) is 58.7 cm³/mol. The van der Waals surface area contributed by atoms with Gasteiger partial charge in [0.25, 0.3) is 0 Å². The lowest BCUT2D eigenvalue weighted by Crippen LogP contribution is -1.88. The van der Waals surface area contributed by atoms with Crippen molar-refractivity contribution >= 4 is 22.5 Å². The van der Waals surface area contributed by atoms with Crippen molar-refractivity contribution in [1.29, 1.82) is 0 Å². The molecule has 0 saturated carbocycles. The quantitative estimate of drug-likeness (QED) is 0.744. The molecule has 1 atom stereocenters. The number of aryl methyl sites for hydroxylation is 1. The molecule has 0 bridgehead atoms. The molecule has 0 fully saturated rings. The number of hydrogen-bond acceptors (Lipinski definition) is 1. The molecule has 2 aromatic rings. The maximum atomic E-state index is 9.52. The molecule has 2 nitrogen and oxygen atoms in total. The van der Waals surface area contributed by atoms with E-state index in [-0.39, 0.29) is 0 Å². The molecular weight excluding hydrogens is 198 g/mol. The van der Waals surface area contributed by atoms with E-state index in [0.717, 1.165) is 27.1 Å². The molecule has 0 saturated heterocycles. The first kappa shape index (κ1) is 9.56. The lowest BCUT2D eigenvalue weighted by atomic mass is 10.1. The summed E-state index contributed by atoms with van der Waals surface area (Å²) in [6, 6.07) is 3.88. The Morgan fingerprint density at radius 3 is 2.79 bits per heavy atom. The van der Waals surface area contributed by atoms with Crippen LogP contribution in [-0.2, 0) is 0 Å². The number of aliphatic hydroxyl groups is 1. The highest BCUT2D eigenvalue weighted by Crippen LogP contribution is 2.28. The zero-order chi connectivity index (χ0) is 10.3. The van der Waals surface area contributed by atoms with E-state index in [2.05, 4.69) is 4.98 Å². The van der Waals surface area contributed by atoms with Crippen molar-refractivity contribution < 1.29 is 5.11 Å². The van der Waals surface area contributed by atoms with E-state index in [1.54, 1.807) is 6.92 Å². The van der Waals surface area contributed by atoms with Gasteiger partial charge in [0.05, 0.1) is 6.10 Å². The van der Waals surface area contributed by atoms with Crippen LogP contribution in [0.5, 0.6) is 0 Å². The second kappa shape index (κ2) is 3.30. The van der Waals surface area contributed by atoms with Crippen molar-refractivity contribution in [2.45, 2.75) is 20.0 Å². The van der Waals surface area contributed by atoms with Gasteiger partial charge in [0.15, 0.2) is 0 Å². The van der Waals surface area contributed by atoms with Crippen molar-refractivity contribution in [3.8, 4) is 0 Å². The highest BCUT2D eigenvalue weighted by Gasteiger charge is 2.09. The van der Waals surface area contributed by atoms with Gasteiger partial charge in [0.1, 0.15) is 0 Å². The van der Waals surface area contributed by atoms with Crippen LogP contribution < -0.4 is 0 Å². The van der Waals surface area contributed by atoms with Crippen LogP contribution in [0.4, 0.5) is 0 Å². The highest BCUT2D eigenvalue weighted by molar-refractivity contribution is 6.32. The third-order valence-corrected chi connectivity index (χ3v) is 2.85. The summed E-state index contributed by atoms with van der Waals surface area (Å²) in [6.45, 7) is 3.72. The Morgan fingerprint density at radius 2 is 2.14 bits per heavy atom. The summed E-state index contributed by atoms with van der Waals surface area (Å²) in [5, 5.41) is 11.3. The Bertz CT molecular complexity index is 473. The Kier molecular flexibility index (Phi) is 2.25. The van der Waals surface area contributed by atoms with Crippen molar-refractivity contribution in [3.63, 3.8) is 0 Å².